The lowest BCUT2D eigenvalue weighted by Gasteiger charge is -2.18. The summed E-state index contributed by atoms with van der Waals surface area (Å²) in [5.41, 5.74) is 1.14. The molecule has 0 radical (unpaired) electrons. The van der Waals surface area contributed by atoms with E-state index in [1.54, 1.807) is 0 Å². The van der Waals surface area contributed by atoms with Gasteiger partial charge in [0.2, 0.25) is 0 Å². The van der Waals surface area contributed by atoms with Crippen LogP contribution >= 0.6 is 0 Å². The van der Waals surface area contributed by atoms with Crippen LogP contribution < -0.4 is 10.2 Å². The van der Waals surface area contributed by atoms with Crippen LogP contribution in [0.5, 0.6) is 0 Å². The molecule has 0 aliphatic carbocycles. The standard InChI is InChI=1S/C13H19FN2/c1-2-15-9-11-7-8-16(10-11)13-5-3-12(14)4-6-13/h3-6,11,15H,2,7-10H2,1H3. The van der Waals surface area contributed by atoms with E-state index in [0.717, 1.165) is 37.8 Å². The van der Waals surface area contributed by atoms with E-state index in [2.05, 4.69) is 17.1 Å². The van der Waals surface area contributed by atoms with Crippen LogP contribution in [0.25, 0.3) is 0 Å². The fourth-order valence-electron chi connectivity index (χ4n) is 2.23. The molecule has 1 saturated heterocycles. The van der Waals surface area contributed by atoms with Crippen LogP contribution in [0.2, 0.25) is 0 Å². The molecule has 1 heterocycles. The third kappa shape index (κ3) is 2.73. The second kappa shape index (κ2) is 5.30. The maximum Gasteiger partial charge on any atom is 0.123 e. The summed E-state index contributed by atoms with van der Waals surface area (Å²) in [6.45, 7) is 6.42. The summed E-state index contributed by atoms with van der Waals surface area (Å²) in [7, 11) is 0. The lowest BCUT2D eigenvalue weighted by atomic mass is 10.1. The number of benzene rings is 1. The Kier molecular flexibility index (Phi) is 3.78. The van der Waals surface area contributed by atoms with E-state index in [-0.39, 0.29) is 5.82 Å². The first-order valence-electron chi connectivity index (χ1n) is 6.01. The molecule has 1 aliphatic rings. The smallest absolute Gasteiger partial charge is 0.123 e. The fraction of sp³-hybridized carbons (Fsp3) is 0.538. The third-order valence-corrected chi connectivity index (χ3v) is 3.16. The Hall–Kier alpha value is -1.09. The SMILES string of the molecule is CCNCC1CCN(c2ccc(F)cc2)C1. The first-order valence-corrected chi connectivity index (χ1v) is 6.01. The summed E-state index contributed by atoms with van der Waals surface area (Å²) in [5, 5.41) is 3.38. The van der Waals surface area contributed by atoms with Crippen molar-refractivity contribution in [1.82, 2.24) is 5.32 Å². The van der Waals surface area contributed by atoms with Gasteiger partial charge in [-0.25, -0.2) is 4.39 Å². The molecule has 1 unspecified atom stereocenters. The lowest BCUT2D eigenvalue weighted by Crippen LogP contribution is -2.26. The monoisotopic (exact) mass is 222 g/mol. The van der Waals surface area contributed by atoms with Gasteiger partial charge in [0.1, 0.15) is 5.82 Å². The Labute approximate surface area is 96.5 Å². The van der Waals surface area contributed by atoms with Crippen molar-refractivity contribution in [2.24, 2.45) is 5.92 Å². The van der Waals surface area contributed by atoms with Gasteiger partial charge in [0.05, 0.1) is 0 Å². The van der Waals surface area contributed by atoms with Crippen molar-refractivity contribution in [3.8, 4) is 0 Å². The van der Waals surface area contributed by atoms with Gasteiger partial charge in [0, 0.05) is 18.8 Å². The van der Waals surface area contributed by atoms with Gasteiger partial charge < -0.3 is 10.2 Å². The number of halogens is 1. The topological polar surface area (TPSA) is 15.3 Å². The number of nitrogens with one attached hydrogen (secondary N) is 1. The largest absolute Gasteiger partial charge is 0.371 e. The van der Waals surface area contributed by atoms with Crippen molar-refractivity contribution in [3.05, 3.63) is 30.1 Å². The van der Waals surface area contributed by atoms with E-state index in [0.29, 0.717) is 0 Å². The first kappa shape index (κ1) is 11.4. The molecule has 16 heavy (non-hydrogen) atoms. The summed E-state index contributed by atoms with van der Waals surface area (Å²) >= 11 is 0. The average molecular weight is 222 g/mol. The van der Waals surface area contributed by atoms with E-state index in [4.69, 9.17) is 0 Å². The Morgan fingerprint density at radius 2 is 2.12 bits per heavy atom. The number of nitrogens with zero attached hydrogens (tertiary/aromatic N) is 1. The van der Waals surface area contributed by atoms with Crippen LogP contribution in [0.3, 0.4) is 0 Å². The van der Waals surface area contributed by atoms with Crippen LogP contribution in [-0.4, -0.2) is 26.2 Å². The third-order valence-electron chi connectivity index (χ3n) is 3.16. The van der Waals surface area contributed by atoms with E-state index < -0.39 is 0 Å². The zero-order chi connectivity index (χ0) is 11.4. The van der Waals surface area contributed by atoms with E-state index >= 15 is 0 Å². The molecular weight excluding hydrogens is 203 g/mol. The maximum absolute atomic E-state index is 12.8. The van der Waals surface area contributed by atoms with Crippen LogP contribution in [0.15, 0.2) is 24.3 Å². The van der Waals surface area contributed by atoms with Crippen molar-refractivity contribution in [1.29, 1.82) is 0 Å². The Bertz CT molecular complexity index is 323. The maximum atomic E-state index is 12.8. The lowest BCUT2D eigenvalue weighted by molar-refractivity contribution is 0.528. The van der Waals surface area contributed by atoms with Gasteiger partial charge in [-0.3, -0.25) is 0 Å². The molecule has 2 nitrogen and oxygen atoms in total. The predicted molar refractivity (Wildman–Crippen MR) is 65.3 cm³/mol. The van der Waals surface area contributed by atoms with Crippen molar-refractivity contribution in [2.75, 3.05) is 31.1 Å². The molecule has 1 atom stereocenters. The average Bonchev–Trinajstić information content (AvgIpc) is 2.76. The van der Waals surface area contributed by atoms with E-state index in [9.17, 15) is 4.39 Å². The van der Waals surface area contributed by atoms with Gasteiger partial charge in [0.15, 0.2) is 0 Å². The van der Waals surface area contributed by atoms with Gasteiger partial charge in [-0.15, -0.1) is 0 Å². The zero-order valence-corrected chi connectivity index (χ0v) is 9.75. The highest BCUT2D eigenvalue weighted by atomic mass is 19.1. The van der Waals surface area contributed by atoms with E-state index in [1.165, 1.54) is 18.6 Å². The van der Waals surface area contributed by atoms with Crippen molar-refractivity contribution in [3.63, 3.8) is 0 Å². The highest BCUT2D eigenvalue weighted by molar-refractivity contribution is 5.47. The molecule has 1 aliphatic heterocycles. The molecule has 0 bridgehead atoms. The van der Waals surface area contributed by atoms with Gasteiger partial charge in [0.25, 0.3) is 0 Å². The van der Waals surface area contributed by atoms with Crippen LogP contribution in [0, 0.1) is 11.7 Å². The molecular formula is C13H19FN2. The predicted octanol–water partition coefficient (Wildman–Crippen LogP) is 2.26. The van der Waals surface area contributed by atoms with Gasteiger partial charge in [-0.05, 0) is 49.7 Å². The highest BCUT2D eigenvalue weighted by Crippen LogP contribution is 2.23. The summed E-state index contributed by atoms with van der Waals surface area (Å²) in [6, 6.07) is 6.80. The van der Waals surface area contributed by atoms with Gasteiger partial charge >= 0.3 is 0 Å². The van der Waals surface area contributed by atoms with Crippen molar-refractivity contribution in [2.45, 2.75) is 13.3 Å². The van der Waals surface area contributed by atoms with Gasteiger partial charge in [-0.2, -0.15) is 0 Å². The second-order valence-corrected chi connectivity index (χ2v) is 4.38. The van der Waals surface area contributed by atoms with E-state index in [1.807, 2.05) is 12.1 Å². The zero-order valence-electron chi connectivity index (χ0n) is 9.75. The molecule has 0 aromatic heterocycles. The van der Waals surface area contributed by atoms with Crippen LogP contribution in [-0.2, 0) is 0 Å². The molecule has 0 spiro atoms. The van der Waals surface area contributed by atoms with Crippen LogP contribution in [0.1, 0.15) is 13.3 Å². The van der Waals surface area contributed by atoms with Crippen molar-refractivity contribution < 1.29 is 4.39 Å². The fourth-order valence-corrected chi connectivity index (χ4v) is 2.23. The molecule has 0 amide bonds. The minimum atomic E-state index is -0.160. The molecule has 0 saturated carbocycles. The summed E-state index contributed by atoms with van der Waals surface area (Å²) in [4.78, 5) is 2.33. The first-order chi connectivity index (χ1) is 7.79. The molecule has 1 N–H and O–H groups in total. The summed E-state index contributed by atoms with van der Waals surface area (Å²) < 4.78 is 12.8. The van der Waals surface area contributed by atoms with Gasteiger partial charge in [-0.1, -0.05) is 6.92 Å². The minimum absolute atomic E-state index is 0.160. The Morgan fingerprint density at radius 1 is 1.38 bits per heavy atom. The molecule has 2 rings (SSSR count). The number of anilines is 1. The highest BCUT2D eigenvalue weighted by Gasteiger charge is 2.21. The van der Waals surface area contributed by atoms with Crippen LogP contribution in [0.4, 0.5) is 10.1 Å². The molecule has 3 heteroatoms. The second-order valence-electron chi connectivity index (χ2n) is 4.38. The quantitative estimate of drug-likeness (QED) is 0.840. The molecule has 1 fully saturated rings. The summed E-state index contributed by atoms with van der Waals surface area (Å²) in [6.07, 6.45) is 1.23. The number of hydrogen-bond acceptors (Lipinski definition) is 2. The number of hydrogen-bond donors (Lipinski definition) is 1. The Balaban J connectivity index is 1.90. The van der Waals surface area contributed by atoms with Crippen molar-refractivity contribution >= 4 is 5.69 Å². The molecule has 1 aromatic carbocycles. The Morgan fingerprint density at radius 3 is 2.81 bits per heavy atom. The molecule has 88 valence electrons. The normalized spacial score (nSPS) is 20.4. The molecule has 1 aromatic rings. The summed E-state index contributed by atoms with van der Waals surface area (Å²) in [5.74, 6) is 0.567. The number of rotatable bonds is 4. The minimum Gasteiger partial charge on any atom is -0.371 e.